The standard InChI is InChI=1S/C15H21NO2/c1-10-3-4-14-12(7-10)13(17)8-15(18-14)5-6-16-9-11(15)2/h3-4,7,11,13,16-17H,5-6,8-9H2,1-2H3. The van der Waals surface area contributed by atoms with Gasteiger partial charge in [-0.15, -0.1) is 0 Å². The Hall–Kier alpha value is -1.06. The molecule has 1 aromatic rings. The average Bonchev–Trinajstić information content (AvgIpc) is 2.34. The van der Waals surface area contributed by atoms with Crippen LogP contribution in [0.1, 0.15) is 37.0 Å². The molecule has 2 N–H and O–H groups in total. The van der Waals surface area contributed by atoms with Gasteiger partial charge in [0.25, 0.3) is 0 Å². The van der Waals surface area contributed by atoms with E-state index in [2.05, 4.69) is 18.3 Å². The minimum atomic E-state index is -0.394. The molecular weight excluding hydrogens is 226 g/mol. The van der Waals surface area contributed by atoms with Crippen molar-refractivity contribution in [1.82, 2.24) is 5.32 Å². The van der Waals surface area contributed by atoms with Crippen LogP contribution in [0.4, 0.5) is 0 Å². The predicted molar refractivity (Wildman–Crippen MR) is 70.8 cm³/mol. The van der Waals surface area contributed by atoms with E-state index in [1.807, 2.05) is 19.1 Å². The van der Waals surface area contributed by atoms with Crippen molar-refractivity contribution in [3.63, 3.8) is 0 Å². The summed E-state index contributed by atoms with van der Waals surface area (Å²) in [7, 11) is 0. The number of aryl methyl sites for hydroxylation is 1. The van der Waals surface area contributed by atoms with Crippen molar-refractivity contribution in [2.45, 2.75) is 38.4 Å². The number of piperidine rings is 1. The minimum absolute atomic E-state index is 0.188. The number of hydrogen-bond donors (Lipinski definition) is 2. The van der Waals surface area contributed by atoms with Crippen molar-refractivity contribution < 1.29 is 9.84 Å². The van der Waals surface area contributed by atoms with Crippen LogP contribution in [0.3, 0.4) is 0 Å². The van der Waals surface area contributed by atoms with Crippen LogP contribution >= 0.6 is 0 Å². The fourth-order valence-electron chi connectivity index (χ4n) is 3.22. The van der Waals surface area contributed by atoms with Gasteiger partial charge in [0.1, 0.15) is 11.4 Å². The van der Waals surface area contributed by atoms with Crippen molar-refractivity contribution in [2.24, 2.45) is 5.92 Å². The maximum Gasteiger partial charge on any atom is 0.125 e. The molecule has 0 aromatic heterocycles. The van der Waals surface area contributed by atoms with Gasteiger partial charge in [-0.1, -0.05) is 18.6 Å². The lowest BCUT2D eigenvalue weighted by Gasteiger charge is -2.47. The lowest BCUT2D eigenvalue weighted by atomic mass is 9.76. The lowest BCUT2D eigenvalue weighted by Crippen LogP contribution is -2.55. The fourth-order valence-corrected chi connectivity index (χ4v) is 3.22. The molecule has 0 aliphatic carbocycles. The van der Waals surface area contributed by atoms with E-state index in [9.17, 15) is 5.11 Å². The van der Waals surface area contributed by atoms with Crippen LogP contribution in [-0.2, 0) is 0 Å². The van der Waals surface area contributed by atoms with Crippen LogP contribution in [0.25, 0.3) is 0 Å². The number of aliphatic hydroxyl groups is 1. The van der Waals surface area contributed by atoms with Crippen LogP contribution in [0.2, 0.25) is 0 Å². The maximum absolute atomic E-state index is 10.4. The van der Waals surface area contributed by atoms with E-state index in [1.54, 1.807) is 0 Å². The number of aliphatic hydroxyl groups excluding tert-OH is 1. The molecule has 3 rings (SSSR count). The van der Waals surface area contributed by atoms with Crippen molar-refractivity contribution in [3.05, 3.63) is 29.3 Å². The average molecular weight is 247 g/mol. The van der Waals surface area contributed by atoms with Gasteiger partial charge in [-0.2, -0.15) is 0 Å². The smallest absolute Gasteiger partial charge is 0.125 e. The molecule has 0 radical (unpaired) electrons. The molecular formula is C15H21NO2. The second kappa shape index (κ2) is 4.25. The maximum atomic E-state index is 10.4. The third-order valence-electron chi connectivity index (χ3n) is 4.45. The number of fused-ring (bicyclic) bond motifs is 1. The first-order chi connectivity index (χ1) is 8.61. The summed E-state index contributed by atoms with van der Waals surface area (Å²) in [5, 5.41) is 13.8. The summed E-state index contributed by atoms with van der Waals surface area (Å²) in [4.78, 5) is 0. The zero-order chi connectivity index (χ0) is 12.8. The SMILES string of the molecule is Cc1ccc2c(c1)C(O)CC1(CCNCC1C)O2. The number of rotatable bonds is 0. The third kappa shape index (κ3) is 1.82. The highest BCUT2D eigenvalue weighted by molar-refractivity contribution is 5.41. The highest BCUT2D eigenvalue weighted by Crippen LogP contribution is 2.45. The zero-order valence-corrected chi connectivity index (χ0v) is 11.1. The Morgan fingerprint density at radius 1 is 1.44 bits per heavy atom. The molecule has 2 aliphatic heterocycles. The number of hydrogen-bond acceptors (Lipinski definition) is 3. The summed E-state index contributed by atoms with van der Waals surface area (Å²) >= 11 is 0. The Morgan fingerprint density at radius 2 is 2.28 bits per heavy atom. The fraction of sp³-hybridized carbons (Fsp3) is 0.600. The molecule has 98 valence electrons. The molecule has 2 heterocycles. The third-order valence-corrected chi connectivity index (χ3v) is 4.45. The van der Waals surface area contributed by atoms with Crippen LogP contribution in [0.15, 0.2) is 18.2 Å². The van der Waals surface area contributed by atoms with Gasteiger partial charge in [0.15, 0.2) is 0 Å². The Morgan fingerprint density at radius 3 is 3.06 bits per heavy atom. The van der Waals surface area contributed by atoms with Crippen molar-refractivity contribution >= 4 is 0 Å². The van der Waals surface area contributed by atoms with Crippen molar-refractivity contribution in [2.75, 3.05) is 13.1 Å². The Bertz CT molecular complexity index is 460. The molecule has 2 aliphatic rings. The van der Waals surface area contributed by atoms with Gasteiger partial charge < -0.3 is 15.2 Å². The second-order valence-electron chi connectivity index (χ2n) is 5.78. The van der Waals surface area contributed by atoms with Gasteiger partial charge in [0.2, 0.25) is 0 Å². The molecule has 3 atom stereocenters. The summed E-state index contributed by atoms with van der Waals surface area (Å²) in [6, 6.07) is 6.10. The van der Waals surface area contributed by atoms with Crippen LogP contribution in [0.5, 0.6) is 5.75 Å². The van der Waals surface area contributed by atoms with Crippen LogP contribution < -0.4 is 10.1 Å². The molecule has 18 heavy (non-hydrogen) atoms. The summed E-state index contributed by atoms with van der Waals surface area (Å²) in [6.07, 6.45) is 1.29. The van der Waals surface area contributed by atoms with E-state index >= 15 is 0 Å². The number of benzene rings is 1. The number of ether oxygens (including phenoxy) is 1. The Balaban J connectivity index is 1.98. The van der Waals surface area contributed by atoms with Gasteiger partial charge in [-0.3, -0.25) is 0 Å². The van der Waals surface area contributed by atoms with Crippen LogP contribution in [0, 0.1) is 12.8 Å². The lowest BCUT2D eigenvalue weighted by molar-refractivity contribution is -0.0659. The molecule has 0 amide bonds. The van der Waals surface area contributed by atoms with Gasteiger partial charge in [0, 0.05) is 24.4 Å². The quantitative estimate of drug-likeness (QED) is 0.738. The molecule has 3 nitrogen and oxygen atoms in total. The van der Waals surface area contributed by atoms with Gasteiger partial charge in [-0.25, -0.2) is 0 Å². The molecule has 3 unspecified atom stereocenters. The first kappa shape index (κ1) is 12.0. The van der Waals surface area contributed by atoms with Crippen LogP contribution in [-0.4, -0.2) is 23.8 Å². The molecule has 1 saturated heterocycles. The first-order valence-electron chi connectivity index (χ1n) is 6.79. The van der Waals surface area contributed by atoms with Gasteiger partial charge in [-0.05, 0) is 32.0 Å². The monoisotopic (exact) mass is 247 g/mol. The normalized spacial score (nSPS) is 35.1. The molecule has 1 fully saturated rings. The first-order valence-corrected chi connectivity index (χ1v) is 6.79. The molecule has 1 aromatic carbocycles. The highest BCUT2D eigenvalue weighted by Gasteiger charge is 2.45. The molecule has 1 spiro atoms. The molecule has 0 saturated carbocycles. The van der Waals surface area contributed by atoms with Gasteiger partial charge in [0.05, 0.1) is 6.10 Å². The Kier molecular flexibility index (Phi) is 2.83. The van der Waals surface area contributed by atoms with Crippen molar-refractivity contribution in [1.29, 1.82) is 0 Å². The van der Waals surface area contributed by atoms with E-state index in [-0.39, 0.29) is 5.60 Å². The summed E-state index contributed by atoms with van der Waals surface area (Å²) in [5.74, 6) is 1.29. The second-order valence-corrected chi connectivity index (χ2v) is 5.78. The largest absolute Gasteiger partial charge is 0.486 e. The highest BCUT2D eigenvalue weighted by atomic mass is 16.5. The predicted octanol–water partition coefficient (Wildman–Crippen LogP) is 2.18. The van der Waals surface area contributed by atoms with E-state index in [4.69, 9.17) is 4.74 Å². The zero-order valence-electron chi connectivity index (χ0n) is 11.1. The molecule has 0 bridgehead atoms. The molecule has 3 heteroatoms. The minimum Gasteiger partial charge on any atom is -0.486 e. The topological polar surface area (TPSA) is 41.5 Å². The van der Waals surface area contributed by atoms with Gasteiger partial charge >= 0.3 is 0 Å². The summed E-state index contributed by atoms with van der Waals surface area (Å²) < 4.78 is 6.30. The van der Waals surface area contributed by atoms with E-state index in [1.165, 1.54) is 5.56 Å². The van der Waals surface area contributed by atoms with Crippen molar-refractivity contribution in [3.8, 4) is 5.75 Å². The summed E-state index contributed by atoms with van der Waals surface area (Å²) in [6.45, 7) is 6.19. The van der Waals surface area contributed by atoms with E-state index < -0.39 is 6.10 Å². The number of nitrogens with one attached hydrogen (secondary N) is 1. The van der Waals surface area contributed by atoms with E-state index in [0.29, 0.717) is 12.3 Å². The Labute approximate surface area is 108 Å². The summed E-state index contributed by atoms with van der Waals surface area (Å²) in [5.41, 5.74) is 1.93. The van der Waals surface area contributed by atoms with E-state index in [0.717, 1.165) is 30.8 Å².